The second-order valence-corrected chi connectivity index (χ2v) is 4.78. The van der Waals surface area contributed by atoms with Crippen molar-refractivity contribution in [3.05, 3.63) is 0 Å². The molecule has 0 aromatic carbocycles. The Morgan fingerprint density at radius 3 is 2.31 bits per heavy atom. The molecule has 1 saturated carbocycles. The Kier molecular flexibility index (Phi) is 4.79. The van der Waals surface area contributed by atoms with Crippen LogP contribution in [0, 0.1) is 11.8 Å². The fraction of sp³-hybridized carbons (Fsp3) is 1.00. The highest BCUT2D eigenvalue weighted by Gasteiger charge is 2.23. The second-order valence-electron chi connectivity index (χ2n) is 4.78. The van der Waals surface area contributed by atoms with Gasteiger partial charge in [-0.3, -0.25) is 0 Å². The predicted octanol–water partition coefficient (Wildman–Crippen LogP) is 3.20. The van der Waals surface area contributed by atoms with Crippen molar-refractivity contribution in [2.45, 2.75) is 58.9 Å². The summed E-state index contributed by atoms with van der Waals surface area (Å²) < 4.78 is 0. The lowest BCUT2D eigenvalue weighted by Crippen LogP contribution is -2.31. The molecule has 13 heavy (non-hydrogen) atoms. The van der Waals surface area contributed by atoms with Crippen LogP contribution in [-0.4, -0.2) is 12.6 Å². The predicted molar refractivity (Wildman–Crippen MR) is 58.9 cm³/mol. The van der Waals surface area contributed by atoms with E-state index < -0.39 is 0 Å². The Balaban J connectivity index is 2.24. The van der Waals surface area contributed by atoms with Crippen LogP contribution in [-0.2, 0) is 0 Å². The number of hydrogen-bond acceptors (Lipinski definition) is 1. The summed E-state index contributed by atoms with van der Waals surface area (Å²) in [4.78, 5) is 0. The second kappa shape index (κ2) is 5.64. The van der Waals surface area contributed by atoms with Crippen molar-refractivity contribution < 1.29 is 0 Å². The van der Waals surface area contributed by atoms with E-state index in [0.717, 1.165) is 11.8 Å². The van der Waals surface area contributed by atoms with Gasteiger partial charge < -0.3 is 5.32 Å². The zero-order chi connectivity index (χ0) is 9.68. The summed E-state index contributed by atoms with van der Waals surface area (Å²) in [6.07, 6.45) is 7.27. The zero-order valence-corrected chi connectivity index (χ0v) is 9.47. The van der Waals surface area contributed by atoms with Crippen LogP contribution in [0.3, 0.4) is 0 Å². The Bertz CT molecular complexity index is 125. The van der Waals surface area contributed by atoms with E-state index in [1.165, 1.54) is 38.6 Å². The molecule has 0 aromatic heterocycles. The van der Waals surface area contributed by atoms with E-state index in [1.807, 2.05) is 0 Å². The van der Waals surface area contributed by atoms with Gasteiger partial charge in [-0.2, -0.15) is 0 Å². The van der Waals surface area contributed by atoms with E-state index in [9.17, 15) is 0 Å². The summed E-state index contributed by atoms with van der Waals surface area (Å²) in [6.45, 7) is 8.05. The molecular formula is C12H25N. The van der Waals surface area contributed by atoms with Gasteiger partial charge in [-0.05, 0) is 18.4 Å². The first kappa shape index (κ1) is 11.0. The van der Waals surface area contributed by atoms with E-state index in [1.54, 1.807) is 0 Å². The molecule has 1 unspecified atom stereocenters. The third kappa shape index (κ3) is 3.68. The molecule has 0 saturated heterocycles. The van der Waals surface area contributed by atoms with Gasteiger partial charge >= 0.3 is 0 Å². The van der Waals surface area contributed by atoms with Crippen molar-refractivity contribution in [2.24, 2.45) is 11.8 Å². The molecule has 1 fully saturated rings. The van der Waals surface area contributed by atoms with Gasteiger partial charge in [0, 0.05) is 6.04 Å². The van der Waals surface area contributed by atoms with Crippen LogP contribution in [0.25, 0.3) is 0 Å². The topological polar surface area (TPSA) is 12.0 Å². The minimum atomic E-state index is 0.649. The van der Waals surface area contributed by atoms with Gasteiger partial charge in [-0.25, -0.2) is 0 Å². The SMILES string of the molecule is CCC(CNC(C)C)C1CCCC1. The summed E-state index contributed by atoms with van der Waals surface area (Å²) >= 11 is 0. The van der Waals surface area contributed by atoms with Crippen molar-refractivity contribution in [2.75, 3.05) is 6.54 Å². The average Bonchev–Trinajstić information content (AvgIpc) is 2.58. The first-order valence-electron chi connectivity index (χ1n) is 5.97. The molecule has 0 aliphatic heterocycles. The van der Waals surface area contributed by atoms with Gasteiger partial charge in [0.1, 0.15) is 0 Å². The van der Waals surface area contributed by atoms with Crippen LogP contribution in [0.15, 0.2) is 0 Å². The molecule has 1 N–H and O–H groups in total. The van der Waals surface area contributed by atoms with Crippen LogP contribution in [0.1, 0.15) is 52.9 Å². The van der Waals surface area contributed by atoms with E-state index in [0.29, 0.717) is 6.04 Å². The lowest BCUT2D eigenvalue weighted by molar-refractivity contribution is 0.306. The van der Waals surface area contributed by atoms with Crippen molar-refractivity contribution in [3.8, 4) is 0 Å². The molecule has 1 nitrogen and oxygen atoms in total. The van der Waals surface area contributed by atoms with E-state index in [4.69, 9.17) is 0 Å². The summed E-state index contributed by atoms with van der Waals surface area (Å²) in [5.74, 6) is 1.96. The summed E-state index contributed by atoms with van der Waals surface area (Å²) in [6, 6.07) is 0.649. The number of rotatable bonds is 5. The maximum absolute atomic E-state index is 3.57. The minimum absolute atomic E-state index is 0.649. The number of hydrogen-bond donors (Lipinski definition) is 1. The van der Waals surface area contributed by atoms with Gasteiger partial charge in [-0.15, -0.1) is 0 Å². The highest BCUT2D eigenvalue weighted by molar-refractivity contribution is 4.76. The van der Waals surface area contributed by atoms with E-state index in [2.05, 4.69) is 26.1 Å². The van der Waals surface area contributed by atoms with Crippen LogP contribution in [0.2, 0.25) is 0 Å². The fourth-order valence-corrected chi connectivity index (χ4v) is 2.46. The summed E-state index contributed by atoms with van der Waals surface area (Å²) in [7, 11) is 0. The summed E-state index contributed by atoms with van der Waals surface area (Å²) in [5, 5.41) is 3.57. The lowest BCUT2D eigenvalue weighted by Gasteiger charge is -2.23. The molecule has 0 amide bonds. The largest absolute Gasteiger partial charge is 0.314 e. The van der Waals surface area contributed by atoms with Crippen LogP contribution in [0.5, 0.6) is 0 Å². The monoisotopic (exact) mass is 183 g/mol. The van der Waals surface area contributed by atoms with Crippen molar-refractivity contribution >= 4 is 0 Å². The molecule has 1 atom stereocenters. The van der Waals surface area contributed by atoms with Crippen molar-refractivity contribution in [1.82, 2.24) is 5.32 Å². The van der Waals surface area contributed by atoms with E-state index >= 15 is 0 Å². The molecule has 1 aliphatic rings. The quantitative estimate of drug-likeness (QED) is 0.690. The standard InChI is InChI=1S/C12H25N/c1-4-11(9-13-10(2)3)12-7-5-6-8-12/h10-13H,4-9H2,1-3H3. The Labute approximate surface area is 83.3 Å². The van der Waals surface area contributed by atoms with Crippen molar-refractivity contribution in [3.63, 3.8) is 0 Å². The van der Waals surface area contributed by atoms with E-state index in [-0.39, 0.29) is 0 Å². The van der Waals surface area contributed by atoms with Crippen LogP contribution in [0.4, 0.5) is 0 Å². The molecule has 1 aliphatic carbocycles. The minimum Gasteiger partial charge on any atom is -0.314 e. The maximum atomic E-state index is 3.57. The highest BCUT2D eigenvalue weighted by Crippen LogP contribution is 2.32. The maximum Gasteiger partial charge on any atom is 0.00104 e. The average molecular weight is 183 g/mol. The van der Waals surface area contributed by atoms with Crippen molar-refractivity contribution in [1.29, 1.82) is 0 Å². The fourth-order valence-electron chi connectivity index (χ4n) is 2.46. The number of nitrogens with one attached hydrogen (secondary N) is 1. The normalized spacial score (nSPS) is 21.2. The Morgan fingerprint density at radius 1 is 1.23 bits per heavy atom. The first-order chi connectivity index (χ1) is 6.24. The third-order valence-corrected chi connectivity index (χ3v) is 3.38. The molecule has 0 spiro atoms. The van der Waals surface area contributed by atoms with Gasteiger partial charge in [-0.1, -0.05) is 52.9 Å². The molecule has 1 rings (SSSR count). The molecule has 0 heterocycles. The molecule has 0 aromatic rings. The van der Waals surface area contributed by atoms with Gasteiger partial charge in [0.2, 0.25) is 0 Å². The third-order valence-electron chi connectivity index (χ3n) is 3.38. The lowest BCUT2D eigenvalue weighted by atomic mass is 9.88. The van der Waals surface area contributed by atoms with Gasteiger partial charge in [0.15, 0.2) is 0 Å². The molecule has 78 valence electrons. The molecule has 0 bridgehead atoms. The summed E-state index contributed by atoms with van der Waals surface area (Å²) in [5.41, 5.74) is 0. The van der Waals surface area contributed by atoms with Gasteiger partial charge in [0.05, 0.1) is 0 Å². The molecule has 1 heteroatoms. The molecule has 0 radical (unpaired) electrons. The molecular weight excluding hydrogens is 158 g/mol. The zero-order valence-electron chi connectivity index (χ0n) is 9.47. The van der Waals surface area contributed by atoms with Gasteiger partial charge in [0.25, 0.3) is 0 Å². The van der Waals surface area contributed by atoms with Crippen LogP contribution >= 0.6 is 0 Å². The Morgan fingerprint density at radius 2 is 1.85 bits per heavy atom. The Hall–Kier alpha value is -0.0400. The first-order valence-corrected chi connectivity index (χ1v) is 5.97. The smallest absolute Gasteiger partial charge is 0.00104 e. The highest BCUT2D eigenvalue weighted by atomic mass is 14.9. The van der Waals surface area contributed by atoms with Crippen LogP contribution < -0.4 is 5.32 Å².